The second-order valence-electron chi connectivity index (χ2n) is 6.91. The zero-order valence-corrected chi connectivity index (χ0v) is 17.4. The summed E-state index contributed by atoms with van der Waals surface area (Å²) in [6.45, 7) is 8.43. The van der Waals surface area contributed by atoms with Crippen molar-refractivity contribution in [2.45, 2.75) is 40.3 Å². The lowest BCUT2D eigenvalue weighted by Crippen LogP contribution is -2.18. The highest BCUT2D eigenvalue weighted by atomic mass is 19.2. The van der Waals surface area contributed by atoms with Crippen LogP contribution in [0.25, 0.3) is 5.82 Å². The van der Waals surface area contributed by atoms with Crippen LogP contribution in [0.3, 0.4) is 0 Å². The zero-order valence-electron chi connectivity index (χ0n) is 17.4. The van der Waals surface area contributed by atoms with Crippen molar-refractivity contribution in [3.05, 3.63) is 70.2 Å². The number of nitrogens with zero attached hydrogens (tertiary/aromatic N) is 2. The molecule has 3 aromatic rings. The van der Waals surface area contributed by atoms with Crippen LogP contribution in [-0.2, 0) is 16.1 Å². The molecule has 0 radical (unpaired) electrons. The number of benzene rings is 1. The van der Waals surface area contributed by atoms with Gasteiger partial charge in [0.25, 0.3) is 0 Å². The van der Waals surface area contributed by atoms with E-state index in [0.717, 1.165) is 34.6 Å². The molecule has 10 heteroatoms. The Bertz CT molecular complexity index is 1080. The number of carboxylic acid groups (broad SMARTS) is 2. The summed E-state index contributed by atoms with van der Waals surface area (Å²) in [5, 5.41) is 22.2. The molecule has 0 amide bonds. The average Bonchev–Trinajstić information content (AvgIpc) is 3.24. The monoisotopic (exact) mass is 435 g/mol. The molecule has 8 nitrogen and oxygen atoms in total. The number of nitrogens with one attached hydrogen (secondary N) is 1. The summed E-state index contributed by atoms with van der Waals surface area (Å²) in [7, 11) is 0. The van der Waals surface area contributed by atoms with Crippen molar-refractivity contribution in [1.82, 2.24) is 15.0 Å². The van der Waals surface area contributed by atoms with E-state index in [9.17, 15) is 8.78 Å². The molecule has 3 rings (SSSR count). The number of rotatable bonds is 5. The number of carbonyl (C=O) groups is 2. The van der Waals surface area contributed by atoms with Gasteiger partial charge in [0.1, 0.15) is 5.76 Å². The normalized spacial score (nSPS) is 11.5. The van der Waals surface area contributed by atoms with E-state index in [4.69, 9.17) is 24.3 Å². The number of hydrogen-bond acceptors (Lipinski definition) is 5. The molecular weight excluding hydrogens is 412 g/mol. The van der Waals surface area contributed by atoms with Crippen molar-refractivity contribution in [3.8, 4) is 5.82 Å². The van der Waals surface area contributed by atoms with Crippen LogP contribution in [0.2, 0.25) is 0 Å². The molecule has 1 aromatic carbocycles. The van der Waals surface area contributed by atoms with E-state index in [1.165, 1.54) is 6.07 Å². The van der Waals surface area contributed by atoms with Gasteiger partial charge in [-0.05, 0) is 57.0 Å². The Labute approximate surface area is 177 Å². The fourth-order valence-electron chi connectivity index (χ4n) is 2.98. The van der Waals surface area contributed by atoms with Gasteiger partial charge in [-0.1, -0.05) is 11.2 Å². The van der Waals surface area contributed by atoms with Crippen molar-refractivity contribution in [3.63, 3.8) is 0 Å². The van der Waals surface area contributed by atoms with Crippen LogP contribution in [0.5, 0.6) is 0 Å². The first-order valence-corrected chi connectivity index (χ1v) is 9.27. The van der Waals surface area contributed by atoms with Gasteiger partial charge in [0.05, 0.1) is 0 Å². The Morgan fingerprint density at radius 3 is 2.26 bits per heavy atom. The fourth-order valence-corrected chi connectivity index (χ4v) is 2.98. The number of aliphatic carboxylic acids is 2. The fraction of sp³-hybridized carbons (Fsp3) is 0.286. The summed E-state index contributed by atoms with van der Waals surface area (Å²) < 4.78 is 33.7. The molecule has 1 unspecified atom stereocenters. The number of halogens is 2. The minimum atomic E-state index is -1.82. The van der Waals surface area contributed by atoms with Crippen LogP contribution >= 0.6 is 0 Å². The molecule has 31 heavy (non-hydrogen) atoms. The average molecular weight is 435 g/mol. The van der Waals surface area contributed by atoms with E-state index < -0.39 is 23.6 Å². The molecule has 2 aromatic heterocycles. The van der Waals surface area contributed by atoms with E-state index in [2.05, 4.69) is 16.5 Å². The first-order valence-electron chi connectivity index (χ1n) is 9.27. The van der Waals surface area contributed by atoms with Gasteiger partial charge >= 0.3 is 11.9 Å². The van der Waals surface area contributed by atoms with Crippen molar-refractivity contribution < 1.29 is 33.1 Å². The highest BCUT2D eigenvalue weighted by molar-refractivity contribution is 6.27. The summed E-state index contributed by atoms with van der Waals surface area (Å²) in [6.07, 6.45) is 0. The van der Waals surface area contributed by atoms with Gasteiger partial charge in [-0.3, -0.25) is 0 Å². The van der Waals surface area contributed by atoms with E-state index >= 15 is 0 Å². The van der Waals surface area contributed by atoms with Crippen LogP contribution in [-0.4, -0.2) is 31.9 Å². The van der Waals surface area contributed by atoms with Gasteiger partial charge in [-0.15, -0.1) is 0 Å². The van der Waals surface area contributed by atoms with Crippen LogP contribution < -0.4 is 5.32 Å². The Morgan fingerprint density at radius 1 is 1.10 bits per heavy atom. The molecule has 0 saturated heterocycles. The first-order chi connectivity index (χ1) is 14.5. The molecule has 0 fully saturated rings. The number of carboxylic acids is 2. The van der Waals surface area contributed by atoms with E-state index in [1.54, 1.807) is 6.07 Å². The predicted octanol–water partition coefficient (Wildman–Crippen LogP) is 3.68. The van der Waals surface area contributed by atoms with Crippen molar-refractivity contribution in [2.75, 3.05) is 0 Å². The number of hydrogen-bond donors (Lipinski definition) is 3. The minimum Gasteiger partial charge on any atom is -0.473 e. The Hall–Kier alpha value is -3.53. The third kappa shape index (κ3) is 5.98. The summed E-state index contributed by atoms with van der Waals surface area (Å²) >= 11 is 0. The zero-order chi connectivity index (χ0) is 23.3. The Balaban J connectivity index is 0.000000501. The van der Waals surface area contributed by atoms with E-state index in [-0.39, 0.29) is 6.04 Å². The Kier molecular flexibility index (Phi) is 7.65. The molecule has 1 atom stereocenters. The van der Waals surface area contributed by atoms with Gasteiger partial charge < -0.3 is 24.6 Å². The van der Waals surface area contributed by atoms with Gasteiger partial charge in [0.15, 0.2) is 17.5 Å². The maximum absolute atomic E-state index is 13.4. The molecule has 0 saturated carbocycles. The SMILES string of the molecule is Cc1cc(-n2c(C)cc(CNC(C)c3ccc(F)c(F)c3)c2C)no1.O=C(O)C(=O)O. The maximum atomic E-state index is 13.4. The molecule has 0 aliphatic heterocycles. The molecule has 0 bridgehead atoms. The van der Waals surface area contributed by atoms with Gasteiger partial charge in [-0.2, -0.15) is 0 Å². The lowest BCUT2D eigenvalue weighted by Gasteiger charge is -2.15. The summed E-state index contributed by atoms with van der Waals surface area (Å²) in [4.78, 5) is 18.2. The quantitative estimate of drug-likeness (QED) is 0.523. The second kappa shape index (κ2) is 9.98. The third-order valence-corrected chi connectivity index (χ3v) is 4.61. The summed E-state index contributed by atoms with van der Waals surface area (Å²) in [5.74, 6) is -3.79. The van der Waals surface area contributed by atoms with Crippen molar-refractivity contribution in [2.24, 2.45) is 0 Å². The largest absolute Gasteiger partial charge is 0.473 e. The molecule has 0 aliphatic rings. The van der Waals surface area contributed by atoms with Crippen molar-refractivity contribution >= 4 is 11.9 Å². The van der Waals surface area contributed by atoms with Crippen LogP contribution in [0.15, 0.2) is 34.9 Å². The lowest BCUT2D eigenvalue weighted by molar-refractivity contribution is -0.159. The van der Waals surface area contributed by atoms with Gasteiger partial charge in [0.2, 0.25) is 0 Å². The third-order valence-electron chi connectivity index (χ3n) is 4.61. The van der Waals surface area contributed by atoms with Crippen LogP contribution in [0, 0.1) is 32.4 Å². The molecule has 2 heterocycles. The van der Waals surface area contributed by atoms with Crippen LogP contribution in [0.4, 0.5) is 8.78 Å². The minimum absolute atomic E-state index is 0.104. The maximum Gasteiger partial charge on any atom is 0.414 e. The first kappa shape index (κ1) is 23.7. The van der Waals surface area contributed by atoms with Crippen molar-refractivity contribution in [1.29, 1.82) is 0 Å². The van der Waals surface area contributed by atoms with E-state index in [1.807, 2.05) is 38.3 Å². The molecule has 0 aliphatic carbocycles. The standard InChI is InChI=1S/C19H21F2N3O.C2H2O4/c1-11-7-16(14(4)24(11)19-8-12(2)25-23-19)10-22-13(3)15-5-6-17(20)18(21)9-15;3-1(4)2(5)6/h5-9,13,22H,10H2,1-4H3;(H,3,4)(H,5,6). The number of aryl methyl sites for hydroxylation is 2. The van der Waals surface area contributed by atoms with E-state index in [0.29, 0.717) is 12.1 Å². The van der Waals surface area contributed by atoms with Gasteiger partial charge in [0, 0.05) is 30.0 Å². The predicted molar refractivity (Wildman–Crippen MR) is 107 cm³/mol. The molecule has 166 valence electrons. The molecule has 3 N–H and O–H groups in total. The highest BCUT2D eigenvalue weighted by Crippen LogP contribution is 2.22. The summed E-state index contributed by atoms with van der Waals surface area (Å²) in [6, 6.07) is 7.85. The molecule has 0 spiro atoms. The van der Waals surface area contributed by atoms with Gasteiger partial charge in [-0.25, -0.2) is 18.4 Å². The lowest BCUT2D eigenvalue weighted by atomic mass is 10.1. The Morgan fingerprint density at radius 2 is 1.74 bits per heavy atom. The van der Waals surface area contributed by atoms with Crippen LogP contribution in [0.1, 0.15) is 41.2 Å². The molecular formula is C21H23F2N3O5. The highest BCUT2D eigenvalue weighted by Gasteiger charge is 2.15. The summed E-state index contributed by atoms with van der Waals surface area (Å²) in [5.41, 5.74) is 3.95. The smallest absolute Gasteiger partial charge is 0.414 e. The number of aromatic nitrogens is 2. The second-order valence-corrected chi connectivity index (χ2v) is 6.91. The topological polar surface area (TPSA) is 118 Å².